The summed E-state index contributed by atoms with van der Waals surface area (Å²) in [5, 5.41) is 4.60. The molecule has 3 atom stereocenters. The number of hydrogen-bond donors (Lipinski definition) is 1. The zero-order valence-electron chi connectivity index (χ0n) is 26.8. The van der Waals surface area contributed by atoms with E-state index in [9.17, 15) is 4.39 Å². The van der Waals surface area contributed by atoms with E-state index in [2.05, 4.69) is 10.2 Å². The van der Waals surface area contributed by atoms with Gasteiger partial charge >= 0.3 is 0 Å². The van der Waals surface area contributed by atoms with Crippen molar-refractivity contribution >= 4 is 46.6 Å². The highest BCUT2D eigenvalue weighted by molar-refractivity contribution is 6.36. The number of ketones is 3. The Kier molecular flexibility index (Phi) is 8.16. The Morgan fingerprint density at radius 3 is 1.88 bits per heavy atom. The monoisotopic (exact) mass is 700 g/mol. The van der Waals surface area contributed by atoms with Gasteiger partial charge in [-0.1, -0.05) is 114 Å². The molecule has 8 rings (SSSR count). The molecule has 8 heteroatoms. The second-order valence-electron chi connectivity index (χ2n) is 13.3. The molecule has 1 N–H and O–H groups in total. The maximum atomic E-state index is 15.8. The molecule has 3 unspecified atom stereocenters. The topological polar surface area (TPSA) is 66.5 Å². The number of likely N-dealkylation sites (tertiary alicyclic amines) is 1. The van der Waals surface area contributed by atoms with E-state index < -0.39 is 40.3 Å². The number of nitrogens with zero attached hydrogens (tertiary/aromatic N) is 1. The van der Waals surface area contributed by atoms with E-state index in [-0.39, 0.29) is 30.0 Å². The van der Waals surface area contributed by atoms with Crippen molar-refractivity contribution in [2.24, 2.45) is 5.41 Å². The van der Waals surface area contributed by atoms with Crippen LogP contribution in [0.4, 0.5) is 4.39 Å². The first-order valence-corrected chi connectivity index (χ1v) is 17.2. The van der Waals surface area contributed by atoms with Crippen molar-refractivity contribution in [3.8, 4) is 0 Å². The van der Waals surface area contributed by atoms with Gasteiger partial charge < -0.3 is 0 Å². The normalized spacial score (nSPS) is 23.7. The number of carbonyl (C=O) groups excluding carboxylic acids is 3. The van der Waals surface area contributed by atoms with Crippen LogP contribution in [0.1, 0.15) is 54.9 Å². The number of benzene rings is 5. The first-order chi connectivity index (χ1) is 24.2. The average molecular weight is 702 g/mol. The van der Waals surface area contributed by atoms with Gasteiger partial charge in [-0.15, -0.1) is 0 Å². The van der Waals surface area contributed by atoms with Crippen molar-refractivity contribution in [3.05, 3.63) is 182 Å². The van der Waals surface area contributed by atoms with Crippen LogP contribution in [-0.4, -0.2) is 40.9 Å². The predicted octanol–water partition coefficient (Wildman–Crippen LogP) is 8.53. The lowest BCUT2D eigenvalue weighted by Crippen LogP contribution is -2.69. The Bertz CT molecular complexity index is 2130. The van der Waals surface area contributed by atoms with Gasteiger partial charge in [0, 0.05) is 58.3 Å². The Balaban J connectivity index is 1.42. The summed E-state index contributed by atoms with van der Waals surface area (Å²) in [6, 6.07) is 36.4. The molecule has 0 amide bonds. The molecule has 2 fully saturated rings. The fourth-order valence-corrected chi connectivity index (χ4v) is 8.66. The minimum absolute atomic E-state index is 0.0993. The largest absolute Gasteiger partial charge is 0.294 e. The summed E-state index contributed by atoms with van der Waals surface area (Å²) >= 11 is 12.6. The smallest absolute Gasteiger partial charge is 0.192 e. The number of rotatable bonds is 5. The summed E-state index contributed by atoms with van der Waals surface area (Å²) in [5.74, 6) is -2.34. The highest BCUT2D eigenvalue weighted by atomic mass is 35.5. The lowest BCUT2D eigenvalue weighted by Gasteiger charge is -2.49. The van der Waals surface area contributed by atoms with E-state index in [1.807, 2.05) is 60.7 Å². The Morgan fingerprint density at radius 1 is 0.700 bits per heavy atom. The molecule has 0 radical (unpaired) electrons. The molecule has 2 saturated heterocycles. The number of Topliss-reactive ketones (excluding diaryl/α,β-unsaturated/α-hetero) is 3. The summed E-state index contributed by atoms with van der Waals surface area (Å²) in [7, 11) is 0. The van der Waals surface area contributed by atoms with Crippen LogP contribution in [0.2, 0.25) is 10.0 Å². The fraction of sp³-hybridized carbons (Fsp3) is 0.167. The van der Waals surface area contributed by atoms with E-state index >= 15 is 14.4 Å². The van der Waals surface area contributed by atoms with Crippen LogP contribution in [0.3, 0.4) is 0 Å². The second kappa shape index (κ2) is 12.6. The number of piperidine rings is 1. The van der Waals surface area contributed by atoms with Gasteiger partial charge in [0.2, 0.25) is 0 Å². The molecular weight excluding hydrogens is 670 g/mol. The minimum atomic E-state index is -1.97. The maximum absolute atomic E-state index is 15.8. The maximum Gasteiger partial charge on any atom is 0.192 e. The highest BCUT2D eigenvalue weighted by Gasteiger charge is 2.77. The van der Waals surface area contributed by atoms with Crippen molar-refractivity contribution in [1.82, 2.24) is 10.2 Å². The standard InChI is InChI=1S/C42H31Cl2FN2O3/c43-31-16-10-26(11-17-31)22-30-24-47(23-27-6-2-1-3-7-27)25-41(38(30)48)36(28-12-18-32(44)19-13-28)37(29-14-20-33(45)21-15-29)46-42(41)39(49)34-8-4-5-9-35(34)40(42)50/h1-22,36-37,46H,23-25H2/b30-22+. The zero-order valence-corrected chi connectivity index (χ0v) is 28.3. The Morgan fingerprint density at radius 2 is 1.26 bits per heavy atom. The Hall–Kier alpha value is -4.72. The van der Waals surface area contributed by atoms with Crippen LogP contribution in [0.5, 0.6) is 0 Å². The third-order valence-electron chi connectivity index (χ3n) is 10.5. The van der Waals surface area contributed by atoms with Crippen LogP contribution in [0.25, 0.3) is 6.08 Å². The molecule has 5 aromatic carbocycles. The molecule has 5 nitrogen and oxygen atoms in total. The lowest BCUT2D eigenvalue weighted by molar-refractivity contribution is -0.131. The van der Waals surface area contributed by atoms with E-state index in [0.717, 1.165) is 16.7 Å². The van der Waals surface area contributed by atoms with Gasteiger partial charge in [0.05, 0.1) is 5.41 Å². The first kappa shape index (κ1) is 32.5. The average Bonchev–Trinajstić information content (AvgIpc) is 3.54. The molecule has 1 aliphatic carbocycles. The molecule has 50 heavy (non-hydrogen) atoms. The quantitative estimate of drug-likeness (QED) is 0.147. The Labute approximate surface area is 299 Å². The van der Waals surface area contributed by atoms with Gasteiger partial charge in [-0.3, -0.25) is 24.6 Å². The third-order valence-corrected chi connectivity index (χ3v) is 11.0. The van der Waals surface area contributed by atoms with Crippen molar-refractivity contribution in [1.29, 1.82) is 0 Å². The van der Waals surface area contributed by atoms with Crippen LogP contribution < -0.4 is 5.32 Å². The highest BCUT2D eigenvalue weighted by Crippen LogP contribution is 2.63. The summed E-state index contributed by atoms with van der Waals surface area (Å²) in [4.78, 5) is 48.1. The summed E-state index contributed by atoms with van der Waals surface area (Å²) < 4.78 is 14.4. The summed E-state index contributed by atoms with van der Waals surface area (Å²) in [6.45, 7) is 0.855. The molecular formula is C42H31Cl2FN2O3. The predicted molar refractivity (Wildman–Crippen MR) is 193 cm³/mol. The molecule has 0 bridgehead atoms. The second-order valence-corrected chi connectivity index (χ2v) is 14.2. The third kappa shape index (κ3) is 5.09. The number of halogens is 3. The summed E-state index contributed by atoms with van der Waals surface area (Å²) in [6.07, 6.45) is 1.84. The number of fused-ring (bicyclic) bond motifs is 2. The molecule has 248 valence electrons. The minimum Gasteiger partial charge on any atom is -0.294 e. The zero-order chi connectivity index (χ0) is 34.6. The first-order valence-electron chi connectivity index (χ1n) is 16.5. The van der Waals surface area contributed by atoms with Crippen molar-refractivity contribution in [2.45, 2.75) is 24.0 Å². The molecule has 0 saturated carbocycles. The van der Waals surface area contributed by atoms with E-state index in [1.165, 1.54) is 12.1 Å². The van der Waals surface area contributed by atoms with Crippen LogP contribution >= 0.6 is 23.2 Å². The van der Waals surface area contributed by atoms with E-state index in [1.54, 1.807) is 60.7 Å². The van der Waals surface area contributed by atoms with Gasteiger partial charge in [-0.05, 0) is 64.7 Å². The van der Waals surface area contributed by atoms with Crippen molar-refractivity contribution in [3.63, 3.8) is 0 Å². The van der Waals surface area contributed by atoms with Crippen LogP contribution in [0.15, 0.2) is 133 Å². The fourth-order valence-electron chi connectivity index (χ4n) is 8.41. The van der Waals surface area contributed by atoms with E-state index in [4.69, 9.17) is 23.2 Å². The molecule has 3 aliphatic rings. The van der Waals surface area contributed by atoms with Gasteiger partial charge in [0.1, 0.15) is 5.82 Å². The summed E-state index contributed by atoms with van der Waals surface area (Å²) in [5.41, 5.74) is 0.564. The van der Waals surface area contributed by atoms with Gasteiger partial charge in [-0.25, -0.2) is 4.39 Å². The molecule has 2 spiro atoms. The SMILES string of the molecule is O=C1c2ccccc2C(=O)C12NC(c1ccc(F)cc1)C(c1ccc(Cl)cc1)C21CN(Cc2ccccc2)C/C(=C\c2ccc(Cl)cc2)C1=O. The van der Waals surface area contributed by atoms with Gasteiger partial charge in [-0.2, -0.15) is 0 Å². The molecule has 0 aromatic heterocycles. The number of hydrogen-bond acceptors (Lipinski definition) is 5. The molecule has 2 heterocycles. The van der Waals surface area contributed by atoms with Crippen molar-refractivity contribution in [2.75, 3.05) is 13.1 Å². The van der Waals surface area contributed by atoms with Crippen LogP contribution in [0, 0.1) is 11.2 Å². The molecule has 2 aliphatic heterocycles. The van der Waals surface area contributed by atoms with E-state index in [0.29, 0.717) is 27.7 Å². The van der Waals surface area contributed by atoms with Crippen molar-refractivity contribution < 1.29 is 18.8 Å². The van der Waals surface area contributed by atoms with Gasteiger partial charge in [0.25, 0.3) is 0 Å². The van der Waals surface area contributed by atoms with Gasteiger partial charge in [0.15, 0.2) is 22.9 Å². The number of nitrogens with one attached hydrogen (secondary N) is 1. The molecule has 5 aromatic rings. The number of carbonyl (C=O) groups is 3. The van der Waals surface area contributed by atoms with Crippen LogP contribution in [-0.2, 0) is 11.3 Å². The lowest BCUT2D eigenvalue weighted by atomic mass is 9.55.